The van der Waals surface area contributed by atoms with E-state index in [0.717, 1.165) is 19.9 Å². The summed E-state index contributed by atoms with van der Waals surface area (Å²) < 4.78 is 50.4. The van der Waals surface area contributed by atoms with Gasteiger partial charge in [0.15, 0.2) is 5.60 Å². The minimum atomic E-state index is -3.81. The molecule has 2 N–H and O–H groups in total. The number of hydrogen-bond donors (Lipinski definition) is 2. The Balaban J connectivity index is 1.80. The van der Waals surface area contributed by atoms with Gasteiger partial charge < -0.3 is 20.1 Å². The number of rotatable bonds is 6. The molecule has 0 aliphatic carbocycles. The Morgan fingerprint density at radius 1 is 1.22 bits per heavy atom. The van der Waals surface area contributed by atoms with Gasteiger partial charge in [-0.25, -0.2) is 14.4 Å². The van der Waals surface area contributed by atoms with Crippen molar-refractivity contribution in [3.05, 3.63) is 58.7 Å². The molecule has 0 spiro atoms. The number of anilines is 2. The van der Waals surface area contributed by atoms with E-state index in [1.165, 1.54) is 24.1 Å². The lowest BCUT2D eigenvalue weighted by Gasteiger charge is -2.30. The number of likely N-dealkylation sites (N-methyl/N-ethyl adjacent to an activating group) is 1. The Morgan fingerprint density at radius 2 is 1.89 bits per heavy atom. The molecule has 36 heavy (non-hydrogen) atoms. The number of carbonyl (C=O) groups is 1. The van der Waals surface area contributed by atoms with Crippen molar-refractivity contribution in [2.75, 3.05) is 24.4 Å². The molecule has 0 radical (unpaired) electrons. The molecule has 192 valence electrons. The van der Waals surface area contributed by atoms with Crippen LogP contribution in [0.5, 0.6) is 0 Å². The molecule has 3 aromatic rings. The van der Waals surface area contributed by atoms with Crippen LogP contribution in [0.1, 0.15) is 56.3 Å². The predicted octanol–water partition coefficient (Wildman–Crippen LogP) is 4.95. The molecule has 2 heterocycles. The molecule has 2 unspecified atom stereocenters. The first kappa shape index (κ1) is 25.8. The van der Waals surface area contributed by atoms with E-state index in [0.29, 0.717) is 33.8 Å². The Bertz CT molecular complexity index is 1370. The number of ether oxygens (including phenoxy) is 1. The number of nitrogens with zero attached hydrogens (tertiary/aromatic N) is 3. The molecule has 0 saturated carbocycles. The molecule has 0 bridgehead atoms. The van der Waals surface area contributed by atoms with E-state index in [4.69, 9.17) is 4.74 Å². The predicted molar refractivity (Wildman–Crippen MR) is 131 cm³/mol. The molecular formula is C26H29F3N4O3. The Hall–Kier alpha value is -3.24. The molecule has 4 rings (SSSR count). The van der Waals surface area contributed by atoms with Crippen LogP contribution in [0.4, 0.5) is 24.7 Å². The zero-order valence-electron chi connectivity index (χ0n) is 21.2. The van der Waals surface area contributed by atoms with Gasteiger partial charge in [0.2, 0.25) is 0 Å². The van der Waals surface area contributed by atoms with Crippen LogP contribution in [-0.4, -0.2) is 40.7 Å². The first-order chi connectivity index (χ1) is 16.6. The molecule has 7 nitrogen and oxygen atoms in total. The topological polar surface area (TPSA) is 87.6 Å². The smallest absolute Gasteiger partial charge is 0.303 e. The van der Waals surface area contributed by atoms with Gasteiger partial charge in [0.25, 0.3) is 5.91 Å². The van der Waals surface area contributed by atoms with Crippen LogP contribution >= 0.6 is 0 Å². The summed E-state index contributed by atoms with van der Waals surface area (Å²) in [5.41, 5.74) is -2.68. The maximum atomic E-state index is 15.3. The second-order valence-electron chi connectivity index (χ2n) is 9.82. The number of halogens is 3. The fraction of sp³-hybridized carbons (Fsp3) is 0.423. The summed E-state index contributed by atoms with van der Waals surface area (Å²) in [4.78, 5) is 23.3. The van der Waals surface area contributed by atoms with Crippen molar-refractivity contribution in [3.8, 4) is 0 Å². The van der Waals surface area contributed by atoms with Gasteiger partial charge in [-0.1, -0.05) is 12.1 Å². The summed E-state index contributed by atoms with van der Waals surface area (Å²) in [7, 11) is 3.11. The number of nitrogens with one attached hydrogen (secondary N) is 1. The van der Waals surface area contributed by atoms with Crippen LogP contribution in [0.3, 0.4) is 0 Å². The lowest BCUT2D eigenvalue weighted by Crippen LogP contribution is -2.41. The van der Waals surface area contributed by atoms with Crippen molar-refractivity contribution in [2.24, 2.45) is 0 Å². The van der Waals surface area contributed by atoms with Gasteiger partial charge in [-0.15, -0.1) is 0 Å². The standard InChI is InChI=1S/C26H29F3N4O3/c1-13(15-9-8-10-17(21(15)27)26(28,29)24(3,4)35)30-22-16-11-20-18(12-19(16)31-14(2)32-22)25(5,36-7)23(34)33(20)6/h8-13,35H,1-7H3,(H,30,31,32). The molecule has 1 aliphatic rings. The third-order valence-corrected chi connectivity index (χ3v) is 6.88. The van der Waals surface area contributed by atoms with Gasteiger partial charge in [-0.2, -0.15) is 8.78 Å². The van der Waals surface area contributed by atoms with E-state index in [9.17, 15) is 18.7 Å². The average molecular weight is 503 g/mol. The van der Waals surface area contributed by atoms with Gasteiger partial charge in [0, 0.05) is 30.7 Å². The van der Waals surface area contributed by atoms with E-state index < -0.39 is 34.5 Å². The SMILES string of the molecule is COC1(C)C(=O)N(C)c2cc3c(NC(C)c4cccc(C(F)(F)C(C)(C)O)c4F)nc(C)nc3cc21. The normalized spacial score (nSPS) is 19.1. The molecule has 1 amide bonds. The third kappa shape index (κ3) is 3.79. The van der Waals surface area contributed by atoms with Crippen LogP contribution in [0.25, 0.3) is 10.9 Å². The van der Waals surface area contributed by atoms with Crippen molar-refractivity contribution in [3.63, 3.8) is 0 Å². The molecule has 2 atom stereocenters. The summed E-state index contributed by atoms with van der Waals surface area (Å²) in [5.74, 6) is -4.36. The van der Waals surface area contributed by atoms with Gasteiger partial charge in [0.05, 0.1) is 22.8 Å². The summed E-state index contributed by atoms with van der Waals surface area (Å²) >= 11 is 0. The first-order valence-corrected chi connectivity index (χ1v) is 11.4. The maximum absolute atomic E-state index is 15.3. The van der Waals surface area contributed by atoms with Gasteiger partial charge in [-0.05, 0) is 52.8 Å². The Kier molecular flexibility index (Phi) is 6.04. The molecule has 2 aromatic carbocycles. The zero-order valence-corrected chi connectivity index (χ0v) is 21.2. The number of aromatic nitrogens is 2. The van der Waals surface area contributed by atoms with Crippen LogP contribution in [0.15, 0.2) is 30.3 Å². The molecule has 0 fully saturated rings. The van der Waals surface area contributed by atoms with Crippen LogP contribution < -0.4 is 10.2 Å². The van der Waals surface area contributed by atoms with E-state index in [1.807, 2.05) is 0 Å². The Morgan fingerprint density at radius 3 is 2.50 bits per heavy atom. The number of alkyl halides is 2. The summed E-state index contributed by atoms with van der Waals surface area (Å²) in [6.45, 7) is 6.88. The van der Waals surface area contributed by atoms with Crippen LogP contribution in [-0.2, 0) is 21.1 Å². The molecule has 1 aromatic heterocycles. The Labute approximate surface area is 207 Å². The monoisotopic (exact) mass is 502 g/mol. The molecule has 0 saturated heterocycles. The minimum absolute atomic E-state index is 0.0127. The molecule has 10 heteroatoms. The lowest BCUT2D eigenvalue weighted by molar-refractivity contribution is -0.170. The van der Waals surface area contributed by atoms with Crippen molar-refractivity contribution in [1.29, 1.82) is 0 Å². The summed E-state index contributed by atoms with van der Waals surface area (Å²) in [6, 6.07) is 6.46. The van der Waals surface area contributed by atoms with Gasteiger partial charge in [0.1, 0.15) is 23.1 Å². The van der Waals surface area contributed by atoms with E-state index in [2.05, 4.69) is 15.3 Å². The number of fused-ring (bicyclic) bond motifs is 2. The minimum Gasteiger partial charge on any atom is -0.384 e. The van der Waals surface area contributed by atoms with E-state index >= 15 is 4.39 Å². The van der Waals surface area contributed by atoms with Crippen LogP contribution in [0.2, 0.25) is 0 Å². The number of hydrogen-bond acceptors (Lipinski definition) is 6. The number of benzene rings is 2. The number of aryl methyl sites for hydroxylation is 1. The highest BCUT2D eigenvalue weighted by molar-refractivity contribution is 6.09. The third-order valence-electron chi connectivity index (χ3n) is 6.88. The zero-order chi connectivity index (χ0) is 26.8. The highest BCUT2D eigenvalue weighted by Gasteiger charge is 2.49. The quantitative estimate of drug-likeness (QED) is 0.496. The fourth-order valence-electron chi connectivity index (χ4n) is 4.53. The fourth-order valence-corrected chi connectivity index (χ4v) is 4.53. The van der Waals surface area contributed by atoms with Gasteiger partial charge >= 0.3 is 5.92 Å². The highest BCUT2D eigenvalue weighted by atomic mass is 19.3. The highest BCUT2D eigenvalue weighted by Crippen LogP contribution is 2.45. The number of methoxy groups -OCH3 is 1. The van der Waals surface area contributed by atoms with E-state index in [1.54, 1.807) is 40.0 Å². The van der Waals surface area contributed by atoms with E-state index in [-0.39, 0.29) is 11.5 Å². The largest absolute Gasteiger partial charge is 0.384 e. The average Bonchev–Trinajstić information content (AvgIpc) is 2.98. The van der Waals surface area contributed by atoms with Crippen molar-refractivity contribution >= 4 is 28.3 Å². The molecular weight excluding hydrogens is 473 g/mol. The van der Waals surface area contributed by atoms with Crippen molar-refractivity contribution in [2.45, 2.75) is 57.8 Å². The van der Waals surface area contributed by atoms with Crippen molar-refractivity contribution < 1.29 is 27.8 Å². The maximum Gasteiger partial charge on any atom is 0.303 e. The first-order valence-electron chi connectivity index (χ1n) is 11.4. The second kappa shape index (κ2) is 8.41. The second-order valence-corrected chi connectivity index (χ2v) is 9.82. The van der Waals surface area contributed by atoms with Crippen LogP contribution in [0, 0.1) is 12.7 Å². The summed E-state index contributed by atoms with van der Waals surface area (Å²) in [6.07, 6.45) is 0. The lowest BCUT2D eigenvalue weighted by atomic mass is 9.91. The molecule has 1 aliphatic heterocycles. The number of carbonyl (C=O) groups excluding carboxylic acids is 1. The summed E-state index contributed by atoms with van der Waals surface area (Å²) in [5, 5.41) is 13.6. The van der Waals surface area contributed by atoms with Crippen molar-refractivity contribution in [1.82, 2.24) is 9.97 Å². The number of aliphatic hydroxyl groups is 1. The van der Waals surface area contributed by atoms with Gasteiger partial charge in [-0.3, -0.25) is 4.79 Å². The number of amides is 1.